The second kappa shape index (κ2) is 8.35. The Morgan fingerprint density at radius 1 is 1.48 bits per heavy atom. The molecule has 1 saturated heterocycles. The van der Waals surface area contributed by atoms with Crippen LogP contribution in [-0.4, -0.2) is 78.7 Å². The summed E-state index contributed by atoms with van der Waals surface area (Å²) in [6.45, 7) is -0.450. The Morgan fingerprint density at radius 2 is 2.26 bits per heavy atom. The molecule has 2 aromatic heterocycles. The van der Waals surface area contributed by atoms with Gasteiger partial charge >= 0.3 is 5.97 Å². The first-order valence-electron chi connectivity index (χ1n) is 8.30. The summed E-state index contributed by atoms with van der Waals surface area (Å²) in [6.07, 6.45) is 0.796. The number of imidazole rings is 1. The molecule has 1 aliphatic heterocycles. The van der Waals surface area contributed by atoms with E-state index in [1.807, 2.05) is 6.26 Å². The van der Waals surface area contributed by atoms with E-state index in [4.69, 9.17) is 20.9 Å². The van der Waals surface area contributed by atoms with Crippen LogP contribution < -0.4 is 11.5 Å². The highest BCUT2D eigenvalue weighted by molar-refractivity contribution is 7.98. The Bertz CT molecular complexity index is 804. The third-order valence-corrected chi connectivity index (χ3v) is 4.99. The molecular weight excluding hydrogens is 376 g/mol. The van der Waals surface area contributed by atoms with E-state index in [2.05, 4.69) is 15.0 Å². The zero-order valence-electron chi connectivity index (χ0n) is 14.6. The zero-order valence-corrected chi connectivity index (χ0v) is 15.5. The number of hydrogen-bond acceptors (Lipinski definition) is 11. The molecule has 0 amide bonds. The van der Waals surface area contributed by atoms with Crippen LogP contribution in [0.3, 0.4) is 0 Å². The summed E-state index contributed by atoms with van der Waals surface area (Å²) in [6, 6.07) is -0.823. The molecule has 1 fully saturated rings. The van der Waals surface area contributed by atoms with Crippen LogP contribution in [0.2, 0.25) is 0 Å². The molecule has 2 aromatic rings. The van der Waals surface area contributed by atoms with Crippen molar-refractivity contribution in [3.63, 3.8) is 0 Å². The molecule has 0 bridgehead atoms. The predicted octanol–water partition coefficient (Wildman–Crippen LogP) is -1.35. The molecule has 27 heavy (non-hydrogen) atoms. The van der Waals surface area contributed by atoms with Gasteiger partial charge in [-0.25, -0.2) is 15.0 Å². The number of thioether (sulfide) groups is 1. The lowest BCUT2D eigenvalue weighted by Crippen LogP contribution is -2.42. The second-order valence-electron chi connectivity index (χ2n) is 6.11. The first-order valence-corrected chi connectivity index (χ1v) is 9.69. The van der Waals surface area contributed by atoms with E-state index in [0.29, 0.717) is 23.3 Å². The Hall–Kier alpha value is -1.99. The van der Waals surface area contributed by atoms with E-state index in [1.165, 1.54) is 17.2 Å². The Balaban J connectivity index is 1.87. The quantitative estimate of drug-likeness (QED) is 0.406. The highest BCUT2D eigenvalue weighted by atomic mass is 32.2. The number of anilines is 1. The van der Waals surface area contributed by atoms with Crippen molar-refractivity contribution in [1.82, 2.24) is 19.5 Å². The summed E-state index contributed by atoms with van der Waals surface area (Å²) in [5.74, 6) is 0.230. The SMILES string of the molecule is CSCC[C@H](N)C(=O)O[C@@H]1[C@H](O)[C@@H](CO)O[C@H]1n1cnc2c(N)ncnc21. The van der Waals surface area contributed by atoms with Gasteiger partial charge in [-0.3, -0.25) is 9.36 Å². The van der Waals surface area contributed by atoms with Crippen molar-refractivity contribution in [2.45, 2.75) is 37.0 Å². The largest absolute Gasteiger partial charge is 0.453 e. The number of aliphatic hydroxyl groups is 2. The smallest absolute Gasteiger partial charge is 0.323 e. The molecule has 0 saturated carbocycles. The molecule has 0 unspecified atom stereocenters. The second-order valence-corrected chi connectivity index (χ2v) is 7.10. The first kappa shape index (κ1) is 19.8. The molecule has 0 radical (unpaired) electrons. The molecule has 6 N–H and O–H groups in total. The van der Waals surface area contributed by atoms with Gasteiger partial charge in [-0.05, 0) is 18.4 Å². The maximum absolute atomic E-state index is 12.3. The van der Waals surface area contributed by atoms with Gasteiger partial charge in [0, 0.05) is 0 Å². The zero-order chi connectivity index (χ0) is 19.6. The number of nitrogens with zero attached hydrogens (tertiary/aromatic N) is 4. The fraction of sp³-hybridized carbons (Fsp3) is 0.600. The van der Waals surface area contributed by atoms with E-state index < -0.39 is 43.2 Å². The van der Waals surface area contributed by atoms with Crippen LogP contribution in [0.25, 0.3) is 11.2 Å². The van der Waals surface area contributed by atoms with Crippen LogP contribution in [0.15, 0.2) is 12.7 Å². The van der Waals surface area contributed by atoms with Crippen molar-refractivity contribution in [3.8, 4) is 0 Å². The molecule has 12 heteroatoms. The number of rotatable bonds is 7. The third-order valence-electron chi connectivity index (χ3n) is 4.34. The van der Waals surface area contributed by atoms with Crippen LogP contribution in [0.4, 0.5) is 5.82 Å². The van der Waals surface area contributed by atoms with Crippen molar-refractivity contribution >= 4 is 34.7 Å². The summed E-state index contributed by atoms with van der Waals surface area (Å²) in [4.78, 5) is 24.5. The Kier molecular flexibility index (Phi) is 6.11. The summed E-state index contributed by atoms with van der Waals surface area (Å²) in [5.41, 5.74) is 12.3. The highest BCUT2D eigenvalue weighted by Crippen LogP contribution is 2.34. The average Bonchev–Trinajstić information content (AvgIpc) is 3.22. The van der Waals surface area contributed by atoms with Crippen LogP contribution in [0.5, 0.6) is 0 Å². The van der Waals surface area contributed by atoms with E-state index in [9.17, 15) is 15.0 Å². The maximum atomic E-state index is 12.3. The number of aliphatic hydroxyl groups excluding tert-OH is 2. The number of fused-ring (bicyclic) bond motifs is 1. The van der Waals surface area contributed by atoms with Gasteiger partial charge < -0.3 is 31.2 Å². The first-order chi connectivity index (χ1) is 13.0. The fourth-order valence-electron chi connectivity index (χ4n) is 2.86. The maximum Gasteiger partial charge on any atom is 0.323 e. The lowest BCUT2D eigenvalue weighted by Gasteiger charge is -2.23. The third kappa shape index (κ3) is 3.84. The number of ether oxygens (including phenoxy) is 2. The Labute approximate surface area is 159 Å². The van der Waals surface area contributed by atoms with Gasteiger partial charge in [0.1, 0.15) is 30.1 Å². The number of aromatic nitrogens is 4. The highest BCUT2D eigenvalue weighted by Gasteiger charge is 2.48. The molecule has 11 nitrogen and oxygen atoms in total. The van der Waals surface area contributed by atoms with Gasteiger partial charge in [0.05, 0.1) is 12.9 Å². The van der Waals surface area contributed by atoms with Crippen molar-refractivity contribution in [3.05, 3.63) is 12.7 Å². The Morgan fingerprint density at radius 3 is 2.96 bits per heavy atom. The van der Waals surface area contributed by atoms with Crippen molar-refractivity contribution in [1.29, 1.82) is 0 Å². The van der Waals surface area contributed by atoms with Gasteiger partial charge in [-0.2, -0.15) is 11.8 Å². The van der Waals surface area contributed by atoms with Gasteiger partial charge in [0.25, 0.3) is 0 Å². The minimum Gasteiger partial charge on any atom is -0.453 e. The number of nitrogens with two attached hydrogens (primary N) is 2. The van der Waals surface area contributed by atoms with Gasteiger partial charge in [-0.1, -0.05) is 0 Å². The van der Waals surface area contributed by atoms with Gasteiger partial charge in [0.15, 0.2) is 23.8 Å². The van der Waals surface area contributed by atoms with E-state index in [0.717, 1.165) is 0 Å². The lowest BCUT2D eigenvalue weighted by atomic mass is 10.1. The van der Waals surface area contributed by atoms with Crippen LogP contribution in [-0.2, 0) is 14.3 Å². The van der Waals surface area contributed by atoms with Crippen molar-refractivity contribution in [2.24, 2.45) is 5.73 Å². The van der Waals surface area contributed by atoms with Crippen LogP contribution in [0, 0.1) is 0 Å². The average molecular weight is 398 g/mol. The van der Waals surface area contributed by atoms with E-state index in [-0.39, 0.29) is 5.82 Å². The molecule has 148 valence electrons. The molecule has 5 atom stereocenters. The van der Waals surface area contributed by atoms with Crippen molar-refractivity contribution in [2.75, 3.05) is 24.3 Å². The molecule has 0 aromatic carbocycles. The minimum absolute atomic E-state index is 0.184. The van der Waals surface area contributed by atoms with E-state index in [1.54, 1.807) is 11.8 Å². The lowest BCUT2D eigenvalue weighted by molar-refractivity contribution is -0.160. The van der Waals surface area contributed by atoms with Gasteiger partial charge in [0.2, 0.25) is 0 Å². The molecule has 1 aliphatic rings. The van der Waals surface area contributed by atoms with Crippen molar-refractivity contribution < 1.29 is 24.5 Å². The summed E-state index contributed by atoms with van der Waals surface area (Å²) in [5, 5.41) is 19.9. The molecule has 0 aliphatic carbocycles. The number of carbonyl (C=O) groups excluding carboxylic acids is 1. The summed E-state index contributed by atoms with van der Waals surface area (Å²) >= 11 is 1.56. The molecular formula is C15H22N6O5S. The minimum atomic E-state index is -1.24. The number of hydrogen-bond donors (Lipinski definition) is 4. The predicted molar refractivity (Wildman–Crippen MR) is 97.6 cm³/mol. The van der Waals surface area contributed by atoms with E-state index >= 15 is 0 Å². The van der Waals surface area contributed by atoms with Crippen LogP contribution in [0.1, 0.15) is 12.6 Å². The number of nitrogen functional groups attached to an aromatic ring is 1. The number of esters is 1. The molecule has 0 spiro atoms. The standard InChI is InChI=1S/C15H22N6O5S/c1-27-3-2-7(16)15(24)26-11-10(23)8(4-22)25-14(11)21-6-20-9-12(17)18-5-19-13(9)21/h5-8,10-11,14,22-23H,2-4,16H2,1H3,(H2,17,18,19)/t7-,8+,10+,11+,14+/m0/s1. The summed E-state index contributed by atoms with van der Waals surface area (Å²) in [7, 11) is 0. The molecule has 3 heterocycles. The fourth-order valence-corrected chi connectivity index (χ4v) is 3.35. The summed E-state index contributed by atoms with van der Waals surface area (Å²) < 4.78 is 12.6. The monoisotopic (exact) mass is 398 g/mol. The normalized spacial score (nSPS) is 26.4. The topological polar surface area (TPSA) is 172 Å². The van der Waals surface area contributed by atoms with Gasteiger partial charge in [-0.15, -0.1) is 0 Å². The number of carbonyl (C=O) groups is 1. The molecule has 3 rings (SSSR count). The van der Waals surface area contributed by atoms with Crippen LogP contribution >= 0.6 is 11.8 Å².